The Morgan fingerprint density at radius 2 is 2.20 bits per heavy atom. The summed E-state index contributed by atoms with van der Waals surface area (Å²) in [6.07, 6.45) is 3.98. The molecule has 3 nitrogen and oxygen atoms in total. The van der Waals surface area contributed by atoms with Gasteiger partial charge in [-0.25, -0.2) is 9.97 Å². The zero-order valence-corrected chi connectivity index (χ0v) is 10.6. The van der Waals surface area contributed by atoms with E-state index in [1.807, 2.05) is 0 Å². The molecule has 1 aromatic rings. The highest BCUT2D eigenvalue weighted by molar-refractivity contribution is 9.10. The van der Waals surface area contributed by atoms with Crippen LogP contribution in [0.15, 0.2) is 16.9 Å². The summed E-state index contributed by atoms with van der Waals surface area (Å²) < 4.78 is 0.834. The number of carbonyl (C=O) groups excluding carboxylic acids is 1. The van der Waals surface area contributed by atoms with Gasteiger partial charge < -0.3 is 0 Å². The van der Waals surface area contributed by atoms with E-state index >= 15 is 0 Å². The Balaban J connectivity index is 2.38. The first-order valence-corrected chi connectivity index (χ1v) is 6.06. The Bertz CT molecular complexity index is 394. The smallest absolute Gasteiger partial charge is 0.204 e. The van der Waals surface area contributed by atoms with Crippen molar-refractivity contribution in [1.29, 1.82) is 0 Å². The van der Waals surface area contributed by atoms with Crippen LogP contribution in [0.3, 0.4) is 0 Å². The summed E-state index contributed by atoms with van der Waals surface area (Å²) in [4.78, 5) is 18.6. The van der Waals surface area contributed by atoms with Gasteiger partial charge in [0.2, 0.25) is 5.82 Å². The number of aromatic nitrogens is 2. The molecule has 0 radical (unpaired) electrons. The molecule has 0 amide bonds. The van der Waals surface area contributed by atoms with Gasteiger partial charge in [-0.15, -0.1) is 0 Å². The summed E-state index contributed by atoms with van der Waals surface area (Å²) in [7, 11) is 0. The van der Waals surface area contributed by atoms with Crippen LogP contribution < -0.4 is 0 Å². The van der Waals surface area contributed by atoms with Gasteiger partial charge in [-0.2, -0.15) is 0 Å². The molecule has 0 saturated carbocycles. The highest BCUT2D eigenvalue weighted by Gasteiger charge is 1.92. The topological polar surface area (TPSA) is 42.9 Å². The van der Waals surface area contributed by atoms with Crippen molar-refractivity contribution < 1.29 is 4.79 Å². The Kier molecular flexibility index (Phi) is 5.37. The average Bonchev–Trinajstić information content (AvgIpc) is 2.20. The van der Waals surface area contributed by atoms with Gasteiger partial charge >= 0.3 is 0 Å². The van der Waals surface area contributed by atoms with Crippen LogP contribution in [0.4, 0.5) is 0 Å². The van der Waals surface area contributed by atoms with Crippen LogP contribution >= 0.6 is 27.7 Å². The maximum absolute atomic E-state index is 10.6. The zero-order chi connectivity index (χ0) is 11.1. The third-order valence-corrected chi connectivity index (χ3v) is 2.58. The standard InChI is InChI=1S/C10H9BrN2OS/c1-8(14)15-5-3-2-4-10-12-6-9(11)7-13-10/h6-7H,3,5H2,1H3. The molecule has 0 bridgehead atoms. The second kappa shape index (κ2) is 6.59. The van der Waals surface area contributed by atoms with Crippen molar-refractivity contribution in [3.05, 3.63) is 22.7 Å². The summed E-state index contributed by atoms with van der Waals surface area (Å²) in [5, 5.41) is 0.122. The molecule has 1 aromatic heterocycles. The molecule has 0 aliphatic heterocycles. The van der Waals surface area contributed by atoms with Crippen molar-refractivity contribution in [1.82, 2.24) is 9.97 Å². The lowest BCUT2D eigenvalue weighted by molar-refractivity contribution is -0.109. The van der Waals surface area contributed by atoms with Crippen molar-refractivity contribution in [2.24, 2.45) is 0 Å². The number of halogens is 1. The minimum absolute atomic E-state index is 0.122. The normalized spacial score (nSPS) is 9.20. The van der Waals surface area contributed by atoms with Gasteiger partial charge in [-0.05, 0) is 21.9 Å². The van der Waals surface area contributed by atoms with Crippen molar-refractivity contribution in [2.45, 2.75) is 13.3 Å². The van der Waals surface area contributed by atoms with Gasteiger partial charge in [0.15, 0.2) is 5.12 Å². The van der Waals surface area contributed by atoms with Crippen LogP contribution in [-0.4, -0.2) is 20.8 Å². The number of nitrogens with zero attached hydrogens (tertiary/aromatic N) is 2. The average molecular weight is 285 g/mol. The zero-order valence-electron chi connectivity index (χ0n) is 8.16. The van der Waals surface area contributed by atoms with Gasteiger partial charge in [0.25, 0.3) is 0 Å². The molecular weight excluding hydrogens is 276 g/mol. The fourth-order valence-electron chi connectivity index (χ4n) is 0.764. The van der Waals surface area contributed by atoms with Gasteiger partial charge in [0, 0.05) is 31.5 Å². The summed E-state index contributed by atoms with van der Waals surface area (Å²) in [6.45, 7) is 1.55. The predicted molar refractivity (Wildman–Crippen MR) is 64.4 cm³/mol. The first-order valence-electron chi connectivity index (χ1n) is 4.28. The molecule has 78 valence electrons. The van der Waals surface area contributed by atoms with E-state index in [4.69, 9.17) is 0 Å². The van der Waals surface area contributed by atoms with E-state index in [-0.39, 0.29) is 5.12 Å². The lowest BCUT2D eigenvalue weighted by atomic mass is 10.4. The van der Waals surface area contributed by atoms with Crippen LogP contribution in [0.25, 0.3) is 0 Å². The summed E-state index contributed by atoms with van der Waals surface area (Å²) >= 11 is 4.52. The van der Waals surface area contributed by atoms with Crippen LogP contribution in [0, 0.1) is 11.8 Å². The first kappa shape index (κ1) is 12.2. The maximum atomic E-state index is 10.6. The molecule has 0 spiro atoms. The van der Waals surface area contributed by atoms with E-state index in [9.17, 15) is 4.79 Å². The quantitative estimate of drug-likeness (QED) is 0.617. The third-order valence-electron chi connectivity index (χ3n) is 1.35. The Labute approximate surface area is 101 Å². The Hall–Kier alpha value is -0.860. The SMILES string of the molecule is CC(=O)SCCC#Cc1ncc(Br)cn1. The largest absolute Gasteiger partial charge is 0.288 e. The van der Waals surface area contributed by atoms with E-state index in [0.717, 1.165) is 10.2 Å². The molecule has 0 N–H and O–H groups in total. The van der Waals surface area contributed by atoms with Gasteiger partial charge in [-0.1, -0.05) is 17.7 Å². The molecule has 0 atom stereocenters. The molecule has 15 heavy (non-hydrogen) atoms. The molecule has 0 fully saturated rings. The molecule has 0 aliphatic carbocycles. The summed E-state index contributed by atoms with van der Waals surface area (Å²) in [5.74, 6) is 6.97. The van der Waals surface area contributed by atoms with Crippen molar-refractivity contribution in [2.75, 3.05) is 5.75 Å². The summed E-state index contributed by atoms with van der Waals surface area (Å²) in [5.41, 5.74) is 0. The molecule has 0 aromatic carbocycles. The van der Waals surface area contributed by atoms with Crippen molar-refractivity contribution >= 4 is 32.8 Å². The van der Waals surface area contributed by atoms with E-state index in [2.05, 4.69) is 37.7 Å². The molecular formula is C10H9BrN2OS. The highest BCUT2D eigenvalue weighted by atomic mass is 79.9. The van der Waals surface area contributed by atoms with Gasteiger partial charge in [0.1, 0.15) is 0 Å². The van der Waals surface area contributed by atoms with E-state index < -0.39 is 0 Å². The number of rotatable bonds is 2. The number of carbonyl (C=O) groups is 1. The minimum Gasteiger partial charge on any atom is -0.288 e. The minimum atomic E-state index is 0.122. The predicted octanol–water partition coefficient (Wildman–Crippen LogP) is 2.26. The highest BCUT2D eigenvalue weighted by Crippen LogP contribution is 2.04. The van der Waals surface area contributed by atoms with Gasteiger partial charge in [-0.3, -0.25) is 4.79 Å². The van der Waals surface area contributed by atoms with Crippen LogP contribution in [0.2, 0.25) is 0 Å². The Morgan fingerprint density at radius 3 is 2.80 bits per heavy atom. The monoisotopic (exact) mass is 284 g/mol. The van der Waals surface area contributed by atoms with Crippen LogP contribution in [-0.2, 0) is 4.79 Å². The Morgan fingerprint density at radius 1 is 1.53 bits per heavy atom. The molecule has 0 unspecified atom stereocenters. The van der Waals surface area contributed by atoms with Crippen molar-refractivity contribution in [3.63, 3.8) is 0 Å². The second-order valence-corrected chi connectivity index (χ2v) is 4.80. The summed E-state index contributed by atoms with van der Waals surface area (Å²) in [6, 6.07) is 0. The maximum Gasteiger partial charge on any atom is 0.204 e. The lowest BCUT2D eigenvalue weighted by Gasteiger charge is -1.90. The molecule has 5 heteroatoms. The fourth-order valence-corrected chi connectivity index (χ4v) is 1.46. The van der Waals surface area contributed by atoms with E-state index in [1.165, 1.54) is 11.8 Å². The van der Waals surface area contributed by atoms with E-state index in [1.54, 1.807) is 19.3 Å². The van der Waals surface area contributed by atoms with E-state index in [0.29, 0.717) is 12.2 Å². The molecule has 1 heterocycles. The van der Waals surface area contributed by atoms with Gasteiger partial charge in [0.05, 0.1) is 4.47 Å². The van der Waals surface area contributed by atoms with Crippen LogP contribution in [0.5, 0.6) is 0 Å². The molecule has 0 aliphatic rings. The number of hydrogen-bond donors (Lipinski definition) is 0. The number of thioether (sulfide) groups is 1. The first-order chi connectivity index (χ1) is 7.18. The van der Waals surface area contributed by atoms with Crippen molar-refractivity contribution in [3.8, 4) is 11.8 Å². The third kappa shape index (κ3) is 5.55. The molecule has 1 rings (SSSR count). The number of hydrogen-bond acceptors (Lipinski definition) is 4. The second-order valence-electron chi connectivity index (χ2n) is 2.62. The van der Waals surface area contributed by atoms with Crippen LogP contribution in [0.1, 0.15) is 19.2 Å². The fraction of sp³-hybridized carbons (Fsp3) is 0.300. The molecule has 0 saturated heterocycles. The lowest BCUT2D eigenvalue weighted by Crippen LogP contribution is -1.87.